The maximum atomic E-state index is 12.8. The van der Waals surface area contributed by atoms with Gasteiger partial charge in [-0.15, -0.1) is 0 Å². The van der Waals surface area contributed by atoms with Crippen molar-refractivity contribution in [3.05, 3.63) is 52.1 Å². The van der Waals surface area contributed by atoms with Crippen molar-refractivity contribution in [2.24, 2.45) is 17.4 Å². The molecule has 1 atom stereocenters. The molecule has 1 saturated carbocycles. The summed E-state index contributed by atoms with van der Waals surface area (Å²) in [6.45, 7) is 5.97. The Hall–Kier alpha value is -3.28. The number of hydrogen-bond donors (Lipinski definition) is 4. The molecule has 1 aromatic heterocycles. The second kappa shape index (κ2) is 11.1. The van der Waals surface area contributed by atoms with Crippen LogP contribution in [0.1, 0.15) is 44.2 Å². The van der Waals surface area contributed by atoms with Gasteiger partial charge in [0.15, 0.2) is 0 Å². The highest BCUT2D eigenvalue weighted by Crippen LogP contribution is 2.27. The number of fused-ring (bicyclic) bond motifs is 1. The maximum absolute atomic E-state index is 12.8. The van der Waals surface area contributed by atoms with E-state index >= 15 is 0 Å². The smallest absolute Gasteiger partial charge is 0.338 e. The zero-order valence-corrected chi connectivity index (χ0v) is 22.9. The minimum atomic E-state index is -0.944. The molecular weight excluding hydrogens is 496 g/mol. The number of carbonyl (C=O) groups excluding carboxylic acids is 2. The van der Waals surface area contributed by atoms with Crippen molar-refractivity contribution in [3.8, 4) is 5.69 Å². The van der Waals surface area contributed by atoms with Gasteiger partial charge in [-0.1, -0.05) is 6.07 Å². The third-order valence-electron chi connectivity index (χ3n) is 8.11. The highest BCUT2D eigenvalue weighted by Gasteiger charge is 2.31. The van der Waals surface area contributed by atoms with E-state index in [1.54, 1.807) is 35.9 Å². The molecule has 3 amide bonds. The van der Waals surface area contributed by atoms with Crippen molar-refractivity contribution >= 4 is 17.8 Å². The Kier molecular flexibility index (Phi) is 7.75. The van der Waals surface area contributed by atoms with Crippen LogP contribution in [0, 0.1) is 5.92 Å². The molecule has 3 aliphatic rings. The zero-order valence-electron chi connectivity index (χ0n) is 22.9. The summed E-state index contributed by atoms with van der Waals surface area (Å²) in [6.07, 6.45) is 6.90. The molecule has 0 spiro atoms. The van der Waals surface area contributed by atoms with Gasteiger partial charge in [-0.05, 0) is 87.7 Å². The van der Waals surface area contributed by atoms with Gasteiger partial charge in [-0.2, -0.15) is 4.98 Å². The normalized spacial score (nSPS) is 23.1. The standard InChI is InChI=1S/C28H40N8O3/c1-28(2,30)25(37)34-9-11-35(12-10-34)26(38)32-24-7-8-36(27(39)33-24)23-6-4-19-15-22(5-3-20(19)16-23)31-17-18-13-21(29)14-18/h4,6-8,16,18,21-22,31H,3,5,9-15,17,29-30H2,1-2H3,(H,32,33,38,39). The molecule has 39 heavy (non-hydrogen) atoms. The summed E-state index contributed by atoms with van der Waals surface area (Å²) in [5.74, 6) is 0.768. The second-order valence-electron chi connectivity index (χ2n) is 11.8. The van der Waals surface area contributed by atoms with Gasteiger partial charge in [-0.25, -0.2) is 9.59 Å². The predicted octanol–water partition coefficient (Wildman–Crippen LogP) is 0.830. The summed E-state index contributed by atoms with van der Waals surface area (Å²) in [5, 5.41) is 6.43. The third-order valence-corrected chi connectivity index (χ3v) is 8.11. The van der Waals surface area contributed by atoms with E-state index in [4.69, 9.17) is 11.5 Å². The number of urea groups is 1. The van der Waals surface area contributed by atoms with Gasteiger partial charge >= 0.3 is 11.7 Å². The highest BCUT2D eigenvalue weighted by atomic mass is 16.2. The fraction of sp³-hybridized carbons (Fsp3) is 0.571. The van der Waals surface area contributed by atoms with Crippen LogP contribution in [0.2, 0.25) is 0 Å². The SMILES string of the molecule is CC(C)(N)C(=O)N1CCN(C(=O)Nc2ccn(-c3ccc4c(c3)CCC(NCC3CC(N)C3)C4)c(=O)n2)CC1. The van der Waals surface area contributed by atoms with E-state index in [1.165, 1.54) is 15.7 Å². The second-order valence-corrected chi connectivity index (χ2v) is 11.8. The van der Waals surface area contributed by atoms with Crippen LogP contribution in [0.5, 0.6) is 0 Å². The molecule has 1 aromatic carbocycles. The van der Waals surface area contributed by atoms with Gasteiger partial charge in [0.25, 0.3) is 0 Å². The van der Waals surface area contributed by atoms with Gasteiger partial charge < -0.3 is 26.6 Å². The van der Waals surface area contributed by atoms with Crippen LogP contribution in [0.25, 0.3) is 5.69 Å². The first kappa shape index (κ1) is 27.3. The molecule has 2 aromatic rings. The Bertz CT molecular complexity index is 1270. The average molecular weight is 537 g/mol. The molecule has 11 nitrogen and oxygen atoms in total. The molecule has 2 heterocycles. The summed E-state index contributed by atoms with van der Waals surface area (Å²) in [7, 11) is 0. The number of amides is 3. The minimum Gasteiger partial charge on any atom is -0.338 e. The molecule has 1 unspecified atom stereocenters. The van der Waals surface area contributed by atoms with E-state index in [0.29, 0.717) is 44.2 Å². The number of piperazine rings is 1. The summed E-state index contributed by atoms with van der Waals surface area (Å²) >= 11 is 0. The van der Waals surface area contributed by atoms with Crippen molar-refractivity contribution in [2.45, 2.75) is 63.6 Å². The maximum Gasteiger partial charge on any atom is 0.354 e. The lowest BCUT2D eigenvalue weighted by Gasteiger charge is -2.37. The summed E-state index contributed by atoms with van der Waals surface area (Å²) < 4.78 is 1.50. The summed E-state index contributed by atoms with van der Waals surface area (Å²) in [6, 6.07) is 8.27. The summed E-state index contributed by atoms with van der Waals surface area (Å²) in [5.41, 5.74) is 13.8. The van der Waals surface area contributed by atoms with E-state index in [2.05, 4.69) is 27.8 Å². The number of nitrogens with one attached hydrogen (secondary N) is 2. The van der Waals surface area contributed by atoms with E-state index in [0.717, 1.165) is 44.3 Å². The first-order valence-corrected chi connectivity index (χ1v) is 13.9. The molecule has 11 heteroatoms. The number of carbonyl (C=O) groups is 2. The Morgan fingerprint density at radius 1 is 1.08 bits per heavy atom. The lowest BCUT2D eigenvalue weighted by molar-refractivity contribution is -0.137. The van der Waals surface area contributed by atoms with Crippen molar-refractivity contribution < 1.29 is 9.59 Å². The molecule has 0 bridgehead atoms. The number of rotatable bonds is 6. The van der Waals surface area contributed by atoms with Crippen LogP contribution < -0.4 is 27.8 Å². The van der Waals surface area contributed by atoms with Gasteiger partial charge in [0.05, 0.1) is 11.2 Å². The van der Waals surface area contributed by atoms with Gasteiger partial charge in [0.1, 0.15) is 5.82 Å². The van der Waals surface area contributed by atoms with E-state index in [9.17, 15) is 14.4 Å². The first-order valence-electron chi connectivity index (χ1n) is 13.9. The van der Waals surface area contributed by atoms with Crippen molar-refractivity contribution in [2.75, 3.05) is 38.0 Å². The average Bonchev–Trinajstić information content (AvgIpc) is 2.89. The van der Waals surface area contributed by atoms with Crippen LogP contribution in [0.3, 0.4) is 0 Å². The molecule has 2 fully saturated rings. The monoisotopic (exact) mass is 536 g/mol. The van der Waals surface area contributed by atoms with Crippen LogP contribution >= 0.6 is 0 Å². The first-order chi connectivity index (χ1) is 18.6. The number of anilines is 1. The largest absolute Gasteiger partial charge is 0.354 e. The molecule has 2 aliphatic carbocycles. The predicted molar refractivity (Wildman–Crippen MR) is 150 cm³/mol. The zero-order chi connectivity index (χ0) is 27.7. The fourth-order valence-electron chi connectivity index (χ4n) is 5.73. The molecule has 1 saturated heterocycles. The Morgan fingerprint density at radius 2 is 1.79 bits per heavy atom. The lowest BCUT2D eigenvalue weighted by Crippen LogP contribution is -2.58. The fourth-order valence-corrected chi connectivity index (χ4v) is 5.73. The molecule has 6 N–H and O–H groups in total. The Balaban J connectivity index is 1.16. The third kappa shape index (κ3) is 6.32. The van der Waals surface area contributed by atoms with Crippen LogP contribution in [-0.4, -0.2) is 81.6 Å². The Labute approximate surface area is 228 Å². The number of hydrogen-bond acceptors (Lipinski definition) is 7. The van der Waals surface area contributed by atoms with Crippen molar-refractivity contribution in [1.82, 2.24) is 24.7 Å². The van der Waals surface area contributed by atoms with Crippen molar-refractivity contribution in [1.29, 1.82) is 0 Å². The number of benzene rings is 1. The van der Waals surface area contributed by atoms with Crippen molar-refractivity contribution in [3.63, 3.8) is 0 Å². The van der Waals surface area contributed by atoms with E-state index in [1.807, 2.05) is 6.07 Å². The quantitative estimate of drug-likeness (QED) is 0.427. The van der Waals surface area contributed by atoms with Gasteiger partial charge in [0.2, 0.25) is 5.91 Å². The minimum absolute atomic E-state index is 0.138. The Morgan fingerprint density at radius 3 is 2.46 bits per heavy atom. The topological polar surface area (TPSA) is 152 Å². The van der Waals surface area contributed by atoms with E-state index < -0.39 is 11.2 Å². The van der Waals surface area contributed by atoms with Gasteiger partial charge in [0, 0.05) is 44.5 Å². The molecule has 1 aliphatic heterocycles. The summed E-state index contributed by atoms with van der Waals surface area (Å²) in [4.78, 5) is 45.3. The van der Waals surface area contributed by atoms with E-state index in [-0.39, 0.29) is 17.8 Å². The number of aromatic nitrogens is 2. The molecular formula is C28H40N8O3. The molecule has 210 valence electrons. The number of nitrogens with two attached hydrogens (primary N) is 2. The van der Waals surface area contributed by atoms with Crippen LogP contribution in [0.15, 0.2) is 35.3 Å². The molecule has 0 radical (unpaired) electrons. The number of nitrogens with zero attached hydrogens (tertiary/aromatic N) is 4. The highest BCUT2D eigenvalue weighted by molar-refractivity contribution is 5.89. The van der Waals surface area contributed by atoms with Gasteiger partial charge in [-0.3, -0.25) is 14.7 Å². The van der Waals surface area contributed by atoms with Crippen LogP contribution in [-0.2, 0) is 17.6 Å². The number of aryl methyl sites for hydroxylation is 1. The van der Waals surface area contributed by atoms with Crippen LogP contribution in [0.4, 0.5) is 10.6 Å². The lowest BCUT2D eigenvalue weighted by atomic mass is 9.80. The molecule has 5 rings (SSSR count).